The largest absolute Gasteiger partial charge is 0.364 e. The van der Waals surface area contributed by atoms with Crippen LogP contribution in [-0.2, 0) is 6.54 Å². The highest BCUT2D eigenvalue weighted by Crippen LogP contribution is 2.23. The highest BCUT2D eigenvalue weighted by Gasteiger charge is 2.08. The number of benzene rings is 1. The molecule has 4 nitrogen and oxygen atoms in total. The van der Waals surface area contributed by atoms with Crippen LogP contribution in [0.15, 0.2) is 41.4 Å². The molecule has 0 aliphatic rings. The molecule has 102 valence electrons. The van der Waals surface area contributed by atoms with Gasteiger partial charge in [-0.05, 0) is 35.6 Å². The highest BCUT2D eigenvalue weighted by molar-refractivity contribution is 7.98. The third-order valence-corrected chi connectivity index (χ3v) is 4.02. The van der Waals surface area contributed by atoms with Crippen molar-refractivity contribution in [2.24, 2.45) is 0 Å². The Balaban J connectivity index is 1.88. The van der Waals surface area contributed by atoms with E-state index in [1.165, 1.54) is 10.5 Å². The molecule has 3 aromatic rings. The normalized spacial score (nSPS) is 10.9. The van der Waals surface area contributed by atoms with Crippen molar-refractivity contribution in [1.82, 2.24) is 15.0 Å². The quantitative estimate of drug-likeness (QED) is 0.566. The summed E-state index contributed by atoms with van der Waals surface area (Å²) < 4.78 is 0. The van der Waals surface area contributed by atoms with Crippen LogP contribution < -0.4 is 5.32 Å². The van der Waals surface area contributed by atoms with Crippen LogP contribution in [0, 0.1) is 0 Å². The number of hydrogen-bond acceptors (Lipinski definition) is 4. The third kappa shape index (κ3) is 2.59. The minimum absolute atomic E-state index is 0.248. The minimum atomic E-state index is 0.248. The van der Waals surface area contributed by atoms with E-state index in [0.717, 1.165) is 16.9 Å². The van der Waals surface area contributed by atoms with Gasteiger partial charge in [0, 0.05) is 17.6 Å². The fourth-order valence-corrected chi connectivity index (χ4v) is 2.87. The molecular formula is C14H13ClN4S. The van der Waals surface area contributed by atoms with E-state index in [0.29, 0.717) is 6.54 Å². The predicted octanol–water partition coefficient (Wildman–Crippen LogP) is 3.95. The number of aromatic amines is 1. The zero-order chi connectivity index (χ0) is 13.9. The molecule has 0 bridgehead atoms. The number of halogens is 1. The Morgan fingerprint density at radius 2 is 2.10 bits per heavy atom. The SMILES string of the molecule is CSc1ccccc1CNc1nc(Cl)nc2cc[nH]c12. The van der Waals surface area contributed by atoms with Crippen LogP contribution in [0.25, 0.3) is 11.0 Å². The summed E-state index contributed by atoms with van der Waals surface area (Å²) >= 11 is 7.67. The number of thioether (sulfide) groups is 1. The molecule has 2 aromatic heterocycles. The first-order valence-electron chi connectivity index (χ1n) is 6.14. The van der Waals surface area contributed by atoms with Crippen molar-refractivity contribution in [2.75, 3.05) is 11.6 Å². The molecule has 0 aliphatic heterocycles. The van der Waals surface area contributed by atoms with E-state index in [4.69, 9.17) is 11.6 Å². The minimum Gasteiger partial charge on any atom is -0.364 e. The number of rotatable bonds is 4. The summed E-state index contributed by atoms with van der Waals surface area (Å²) in [5, 5.41) is 3.57. The Kier molecular flexibility index (Phi) is 3.80. The summed E-state index contributed by atoms with van der Waals surface area (Å²) in [5.74, 6) is 0.723. The Morgan fingerprint density at radius 1 is 1.25 bits per heavy atom. The van der Waals surface area contributed by atoms with Gasteiger partial charge in [-0.25, -0.2) is 4.98 Å². The summed E-state index contributed by atoms with van der Waals surface area (Å²) in [6, 6.07) is 10.2. The molecule has 0 fully saturated rings. The van der Waals surface area contributed by atoms with Crippen LogP contribution in [0.3, 0.4) is 0 Å². The van der Waals surface area contributed by atoms with Crippen molar-refractivity contribution in [3.63, 3.8) is 0 Å². The van der Waals surface area contributed by atoms with Gasteiger partial charge in [0.15, 0.2) is 5.82 Å². The maximum absolute atomic E-state index is 5.94. The second-order valence-corrected chi connectivity index (χ2v) is 5.43. The summed E-state index contributed by atoms with van der Waals surface area (Å²) in [6.45, 7) is 0.693. The average Bonchev–Trinajstić information content (AvgIpc) is 2.93. The lowest BCUT2D eigenvalue weighted by molar-refractivity contribution is 1.06. The molecule has 6 heteroatoms. The lowest BCUT2D eigenvalue weighted by Crippen LogP contribution is -2.04. The van der Waals surface area contributed by atoms with E-state index in [9.17, 15) is 0 Å². The van der Waals surface area contributed by atoms with Crippen molar-refractivity contribution in [3.8, 4) is 0 Å². The molecule has 0 spiro atoms. The average molecular weight is 305 g/mol. The van der Waals surface area contributed by atoms with Crippen LogP contribution in [0.4, 0.5) is 5.82 Å². The van der Waals surface area contributed by atoms with Gasteiger partial charge in [-0.1, -0.05) is 18.2 Å². The smallest absolute Gasteiger partial charge is 0.225 e. The monoisotopic (exact) mass is 304 g/mol. The molecule has 0 radical (unpaired) electrons. The van der Waals surface area contributed by atoms with E-state index in [1.807, 2.05) is 24.4 Å². The molecule has 2 N–H and O–H groups in total. The number of fused-ring (bicyclic) bond motifs is 1. The van der Waals surface area contributed by atoms with Gasteiger partial charge >= 0.3 is 0 Å². The van der Waals surface area contributed by atoms with E-state index in [2.05, 4.69) is 38.7 Å². The van der Waals surface area contributed by atoms with Crippen molar-refractivity contribution in [3.05, 3.63) is 47.4 Å². The number of hydrogen-bond donors (Lipinski definition) is 2. The standard InChI is InChI=1S/C14H13ClN4S/c1-20-11-5-3-2-4-9(11)8-17-13-12-10(6-7-16-12)18-14(15)19-13/h2-7,16H,8H2,1H3,(H,17,18,19). The van der Waals surface area contributed by atoms with Crippen LogP contribution in [0.2, 0.25) is 5.28 Å². The van der Waals surface area contributed by atoms with Gasteiger partial charge in [-0.15, -0.1) is 11.8 Å². The first-order chi connectivity index (χ1) is 9.78. The van der Waals surface area contributed by atoms with Crippen LogP contribution in [0.5, 0.6) is 0 Å². The van der Waals surface area contributed by atoms with E-state index in [-0.39, 0.29) is 5.28 Å². The van der Waals surface area contributed by atoms with Crippen molar-refractivity contribution in [1.29, 1.82) is 0 Å². The molecule has 0 aliphatic carbocycles. The second-order valence-electron chi connectivity index (χ2n) is 4.24. The lowest BCUT2D eigenvalue weighted by atomic mass is 10.2. The van der Waals surface area contributed by atoms with Gasteiger partial charge in [0.2, 0.25) is 5.28 Å². The lowest BCUT2D eigenvalue weighted by Gasteiger charge is -2.10. The molecular weight excluding hydrogens is 292 g/mol. The number of aromatic nitrogens is 3. The molecule has 20 heavy (non-hydrogen) atoms. The van der Waals surface area contributed by atoms with Crippen LogP contribution in [-0.4, -0.2) is 21.2 Å². The van der Waals surface area contributed by atoms with Gasteiger partial charge < -0.3 is 10.3 Å². The molecule has 0 atom stereocenters. The van der Waals surface area contributed by atoms with Gasteiger partial charge in [-0.3, -0.25) is 0 Å². The zero-order valence-electron chi connectivity index (χ0n) is 10.9. The van der Waals surface area contributed by atoms with Crippen LogP contribution >= 0.6 is 23.4 Å². The zero-order valence-corrected chi connectivity index (χ0v) is 12.4. The van der Waals surface area contributed by atoms with Gasteiger partial charge in [0.05, 0.1) is 5.52 Å². The maximum Gasteiger partial charge on any atom is 0.225 e. The Labute approximate surface area is 126 Å². The Hall–Kier alpha value is -1.72. The number of H-pyrrole nitrogens is 1. The summed E-state index contributed by atoms with van der Waals surface area (Å²) in [7, 11) is 0. The third-order valence-electron chi connectivity index (χ3n) is 3.02. The molecule has 0 saturated heterocycles. The molecule has 1 aromatic carbocycles. The van der Waals surface area contributed by atoms with Crippen molar-refractivity contribution >= 4 is 40.2 Å². The summed E-state index contributed by atoms with van der Waals surface area (Å²) in [4.78, 5) is 12.8. The Morgan fingerprint density at radius 3 is 2.95 bits per heavy atom. The second kappa shape index (κ2) is 5.73. The molecule has 2 heterocycles. The number of nitrogens with zero attached hydrogens (tertiary/aromatic N) is 2. The van der Waals surface area contributed by atoms with E-state index < -0.39 is 0 Å². The fraction of sp³-hybridized carbons (Fsp3) is 0.143. The highest BCUT2D eigenvalue weighted by atomic mass is 35.5. The van der Waals surface area contributed by atoms with Gasteiger partial charge in [0.1, 0.15) is 5.52 Å². The molecule has 0 amide bonds. The van der Waals surface area contributed by atoms with Crippen molar-refractivity contribution in [2.45, 2.75) is 11.4 Å². The van der Waals surface area contributed by atoms with E-state index in [1.54, 1.807) is 11.8 Å². The maximum atomic E-state index is 5.94. The Bertz CT molecular complexity index is 741. The first kappa shape index (κ1) is 13.3. The molecule has 0 unspecified atom stereocenters. The number of nitrogens with one attached hydrogen (secondary N) is 2. The fourth-order valence-electron chi connectivity index (χ4n) is 2.07. The topological polar surface area (TPSA) is 53.6 Å². The van der Waals surface area contributed by atoms with Crippen LogP contribution in [0.1, 0.15) is 5.56 Å². The predicted molar refractivity (Wildman–Crippen MR) is 84.4 cm³/mol. The first-order valence-corrected chi connectivity index (χ1v) is 7.74. The van der Waals surface area contributed by atoms with E-state index >= 15 is 0 Å². The van der Waals surface area contributed by atoms with Gasteiger partial charge in [-0.2, -0.15) is 4.98 Å². The summed E-state index contributed by atoms with van der Waals surface area (Å²) in [6.07, 6.45) is 3.90. The molecule has 3 rings (SSSR count). The van der Waals surface area contributed by atoms with Crippen molar-refractivity contribution < 1.29 is 0 Å². The number of anilines is 1. The summed E-state index contributed by atoms with van der Waals surface area (Å²) in [5.41, 5.74) is 2.91. The van der Waals surface area contributed by atoms with Gasteiger partial charge in [0.25, 0.3) is 0 Å². The molecule has 0 saturated carbocycles.